The summed E-state index contributed by atoms with van der Waals surface area (Å²) >= 11 is 1.57. The molecule has 0 saturated carbocycles. The van der Waals surface area contributed by atoms with Crippen molar-refractivity contribution < 1.29 is 9.59 Å². The predicted molar refractivity (Wildman–Crippen MR) is 105 cm³/mol. The topological polar surface area (TPSA) is 69.3 Å². The first kappa shape index (κ1) is 18.2. The lowest BCUT2D eigenvalue weighted by atomic mass is 9.73. The van der Waals surface area contributed by atoms with Crippen molar-refractivity contribution in [3.63, 3.8) is 0 Å². The zero-order valence-corrected chi connectivity index (χ0v) is 16.6. The number of amides is 2. The summed E-state index contributed by atoms with van der Waals surface area (Å²) in [6.07, 6.45) is 7.86. The number of thiophene rings is 1. The van der Waals surface area contributed by atoms with Crippen LogP contribution in [0.4, 0.5) is 0 Å². The van der Waals surface area contributed by atoms with Crippen molar-refractivity contribution >= 4 is 23.2 Å². The minimum absolute atomic E-state index is 0.0438. The average Bonchev–Trinajstić information content (AvgIpc) is 3.34. The number of hydrogen-bond donors (Lipinski definition) is 1. The van der Waals surface area contributed by atoms with Gasteiger partial charge in [0.25, 0.3) is 5.91 Å². The third-order valence-corrected chi connectivity index (χ3v) is 6.84. The summed E-state index contributed by atoms with van der Waals surface area (Å²) in [5.74, 6) is 0.380. The lowest BCUT2D eigenvalue weighted by molar-refractivity contribution is -0.138. The summed E-state index contributed by atoms with van der Waals surface area (Å²) in [6.45, 7) is 5.08. The number of carbonyl (C=O) groups is 2. The molecule has 0 bridgehead atoms. The van der Waals surface area contributed by atoms with Crippen molar-refractivity contribution in [2.24, 2.45) is 5.41 Å². The Kier molecular flexibility index (Phi) is 5.04. The molecule has 144 valence electrons. The van der Waals surface area contributed by atoms with Gasteiger partial charge >= 0.3 is 0 Å². The Labute approximate surface area is 163 Å². The van der Waals surface area contributed by atoms with E-state index in [2.05, 4.69) is 9.97 Å². The maximum absolute atomic E-state index is 12.9. The number of nitrogens with zero attached hydrogens (tertiary/aromatic N) is 3. The van der Waals surface area contributed by atoms with Crippen LogP contribution in [0.2, 0.25) is 0 Å². The molecule has 0 aromatic carbocycles. The molecular formula is C20H26N4O2S. The number of likely N-dealkylation sites (tertiary alicyclic amines) is 2. The van der Waals surface area contributed by atoms with E-state index in [1.807, 2.05) is 35.1 Å². The number of aryl methyl sites for hydroxylation is 1. The van der Waals surface area contributed by atoms with Crippen molar-refractivity contribution in [1.29, 1.82) is 0 Å². The van der Waals surface area contributed by atoms with E-state index in [9.17, 15) is 9.59 Å². The summed E-state index contributed by atoms with van der Waals surface area (Å²) in [6, 6.07) is 3.94. The predicted octanol–water partition coefficient (Wildman–Crippen LogP) is 2.87. The first-order chi connectivity index (χ1) is 13.0. The molecule has 2 aromatic heterocycles. The summed E-state index contributed by atoms with van der Waals surface area (Å²) in [5, 5.41) is 0. The van der Waals surface area contributed by atoms with Gasteiger partial charge in [0.05, 0.1) is 11.2 Å². The standard InChI is InChI=1S/C20H26N4O2S/c1-15-3-4-17(27-15)19(26)24-9-2-7-20(13-24)8-5-18(25)23(12-20)10-6-16-11-21-14-22-16/h3-4,11,14H,2,5-10,12-13H2,1H3,(H,21,22)/t20-/m1/s1. The number of imidazole rings is 1. The fourth-order valence-corrected chi connectivity index (χ4v) is 5.24. The molecule has 0 radical (unpaired) electrons. The van der Waals surface area contributed by atoms with Crippen LogP contribution in [-0.4, -0.2) is 57.8 Å². The number of H-pyrrole nitrogens is 1. The van der Waals surface area contributed by atoms with Gasteiger partial charge in [0.2, 0.25) is 5.91 Å². The Morgan fingerprint density at radius 2 is 2.22 bits per heavy atom. The molecule has 2 saturated heterocycles. The maximum atomic E-state index is 12.9. The van der Waals surface area contributed by atoms with Crippen LogP contribution in [0.5, 0.6) is 0 Å². The fraction of sp³-hybridized carbons (Fsp3) is 0.550. The van der Waals surface area contributed by atoms with Gasteiger partial charge in [0.1, 0.15) is 0 Å². The second-order valence-electron chi connectivity index (χ2n) is 7.88. The van der Waals surface area contributed by atoms with Crippen molar-refractivity contribution in [3.8, 4) is 0 Å². The first-order valence-corrected chi connectivity index (χ1v) is 10.5. The van der Waals surface area contributed by atoms with Crippen LogP contribution in [0.15, 0.2) is 24.7 Å². The molecule has 1 spiro atoms. The molecule has 0 unspecified atom stereocenters. The average molecular weight is 387 g/mol. The van der Waals surface area contributed by atoms with Gasteiger partial charge in [-0.05, 0) is 38.3 Å². The second kappa shape index (κ2) is 7.46. The first-order valence-electron chi connectivity index (χ1n) is 9.65. The van der Waals surface area contributed by atoms with Gasteiger partial charge in [-0.1, -0.05) is 0 Å². The minimum atomic E-state index is 0.0438. The summed E-state index contributed by atoms with van der Waals surface area (Å²) in [4.78, 5) is 38.5. The largest absolute Gasteiger partial charge is 0.348 e. The van der Waals surface area contributed by atoms with Crippen LogP contribution in [0, 0.1) is 12.3 Å². The highest BCUT2D eigenvalue weighted by atomic mass is 32.1. The van der Waals surface area contributed by atoms with Crippen LogP contribution in [0.3, 0.4) is 0 Å². The molecule has 4 rings (SSSR count). The smallest absolute Gasteiger partial charge is 0.263 e. The number of carbonyl (C=O) groups excluding carboxylic acids is 2. The highest BCUT2D eigenvalue weighted by Gasteiger charge is 2.42. The fourth-order valence-electron chi connectivity index (χ4n) is 4.40. The highest BCUT2D eigenvalue weighted by molar-refractivity contribution is 7.13. The summed E-state index contributed by atoms with van der Waals surface area (Å²) < 4.78 is 0. The zero-order valence-electron chi connectivity index (χ0n) is 15.7. The Morgan fingerprint density at radius 1 is 1.33 bits per heavy atom. The van der Waals surface area contributed by atoms with E-state index in [4.69, 9.17) is 0 Å². The third-order valence-electron chi connectivity index (χ3n) is 5.85. The normalized spacial score (nSPS) is 23.2. The number of nitrogens with one attached hydrogen (secondary N) is 1. The molecule has 2 amide bonds. The Balaban J connectivity index is 1.43. The van der Waals surface area contributed by atoms with Crippen LogP contribution >= 0.6 is 11.3 Å². The van der Waals surface area contributed by atoms with E-state index in [0.29, 0.717) is 13.0 Å². The molecule has 1 N–H and O–H groups in total. The number of hydrogen-bond acceptors (Lipinski definition) is 4. The molecular weight excluding hydrogens is 360 g/mol. The zero-order chi connectivity index (χ0) is 18.9. The Morgan fingerprint density at radius 3 is 2.96 bits per heavy atom. The van der Waals surface area contributed by atoms with Crippen LogP contribution < -0.4 is 0 Å². The van der Waals surface area contributed by atoms with Gasteiger partial charge in [-0.2, -0.15) is 0 Å². The van der Waals surface area contributed by atoms with Gasteiger partial charge in [0.15, 0.2) is 0 Å². The molecule has 0 aliphatic carbocycles. The van der Waals surface area contributed by atoms with Crippen molar-refractivity contribution in [3.05, 3.63) is 40.1 Å². The number of piperidine rings is 2. The monoisotopic (exact) mass is 386 g/mol. The van der Waals surface area contributed by atoms with Crippen molar-refractivity contribution in [2.45, 2.75) is 39.0 Å². The molecule has 1 atom stereocenters. The van der Waals surface area contributed by atoms with E-state index in [1.165, 1.54) is 4.88 Å². The summed E-state index contributed by atoms with van der Waals surface area (Å²) in [5.41, 5.74) is 1.10. The molecule has 2 aromatic rings. The van der Waals surface area contributed by atoms with Crippen molar-refractivity contribution in [2.75, 3.05) is 26.2 Å². The van der Waals surface area contributed by atoms with E-state index in [0.717, 1.165) is 55.9 Å². The van der Waals surface area contributed by atoms with E-state index >= 15 is 0 Å². The summed E-state index contributed by atoms with van der Waals surface area (Å²) in [7, 11) is 0. The Bertz CT molecular complexity index is 816. The number of aromatic nitrogens is 2. The van der Waals surface area contributed by atoms with Gasteiger partial charge < -0.3 is 14.8 Å². The quantitative estimate of drug-likeness (QED) is 0.878. The van der Waals surface area contributed by atoms with Crippen LogP contribution in [0.1, 0.15) is 45.9 Å². The highest BCUT2D eigenvalue weighted by Crippen LogP contribution is 2.39. The molecule has 6 nitrogen and oxygen atoms in total. The molecule has 2 fully saturated rings. The molecule has 2 aliphatic rings. The Hall–Kier alpha value is -2.15. The second-order valence-corrected chi connectivity index (χ2v) is 9.17. The van der Waals surface area contributed by atoms with Gasteiger partial charge in [-0.15, -0.1) is 11.3 Å². The van der Waals surface area contributed by atoms with Crippen LogP contribution in [0.25, 0.3) is 0 Å². The third kappa shape index (κ3) is 3.93. The van der Waals surface area contributed by atoms with Gasteiger partial charge in [-0.3, -0.25) is 9.59 Å². The van der Waals surface area contributed by atoms with E-state index in [-0.39, 0.29) is 17.2 Å². The lowest BCUT2D eigenvalue weighted by Gasteiger charge is -2.48. The molecule has 27 heavy (non-hydrogen) atoms. The molecule has 7 heteroatoms. The van der Waals surface area contributed by atoms with Crippen molar-refractivity contribution in [1.82, 2.24) is 19.8 Å². The van der Waals surface area contributed by atoms with Gasteiger partial charge in [0, 0.05) is 61.2 Å². The number of aromatic amines is 1. The molecule has 4 heterocycles. The van der Waals surface area contributed by atoms with E-state index in [1.54, 1.807) is 17.7 Å². The molecule has 2 aliphatic heterocycles. The van der Waals surface area contributed by atoms with Gasteiger partial charge in [-0.25, -0.2) is 4.98 Å². The SMILES string of the molecule is Cc1ccc(C(=O)N2CCC[C@]3(CCC(=O)N(CCc4cnc[nH]4)C3)C2)s1. The lowest BCUT2D eigenvalue weighted by Crippen LogP contribution is -2.55. The number of rotatable bonds is 4. The van der Waals surface area contributed by atoms with Crippen LogP contribution in [-0.2, 0) is 11.2 Å². The van der Waals surface area contributed by atoms with E-state index < -0.39 is 0 Å². The minimum Gasteiger partial charge on any atom is -0.348 e. The maximum Gasteiger partial charge on any atom is 0.263 e.